The highest BCUT2D eigenvalue weighted by molar-refractivity contribution is 7.98. The molecule has 1 atom stereocenters. The van der Waals surface area contributed by atoms with Crippen LogP contribution in [0.15, 0.2) is 23.1 Å². The minimum absolute atomic E-state index is 0. The molecule has 1 aliphatic heterocycles. The molecule has 6 nitrogen and oxygen atoms in total. The molecule has 0 aromatic heterocycles. The fraction of sp³-hybridized carbons (Fsp3) is 0.462. The van der Waals surface area contributed by atoms with E-state index in [1.165, 1.54) is 17.8 Å². The SMILES string of the molecule is CSc1ccc(C(=O)N2CCNC[C@H]2C)cc1[N+](=O)[O-].Cl. The number of rotatable bonds is 3. The summed E-state index contributed by atoms with van der Waals surface area (Å²) in [7, 11) is 0. The summed E-state index contributed by atoms with van der Waals surface area (Å²) in [5.74, 6) is -0.144. The largest absolute Gasteiger partial charge is 0.333 e. The maximum atomic E-state index is 12.5. The topological polar surface area (TPSA) is 75.5 Å². The minimum atomic E-state index is -0.441. The van der Waals surface area contributed by atoms with Gasteiger partial charge in [0.2, 0.25) is 0 Å². The smallest absolute Gasteiger partial charge is 0.283 e. The zero-order chi connectivity index (χ0) is 14.7. The fourth-order valence-corrected chi connectivity index (χ4v) is 2.82. The third-order valence-electron chi connectivity index (χ3n) is 3.38. The van der Waals surface area contributed by atoms with Gasteiger partial charge in [0, 0.05) is 37.3 Å². The van der Waals surface area contributed by atoms with Crippen molar-refractivity contribution in [1.82, 2.24) is 10.2 Å². The van der Waals surface area contributed by atoms with Crippen LogP contribution in [0, 0.1) is 10.1 Å². The van der Waals surface area contributed by atoms with Crippen LogP contribution in [0.1, 0.15) is 17.3 Å². The van der Waals surface area contributed by atoms with Crippen molar-refractivity contribution in [2.45, 2.75) is 17.9 Å². The molecule has 0 bridgehead atoms. The van der Waals surface area contributed by atoms with Gasteiger partial charge < -0.3 is 10.2 Å². The molecule has 1 amide bonds. The number of hydrogen-bond donors (Lipinski definition) is 1. The van der Waals surface area contributed by atoms with E-state index in [1.807, 2.05) is 6.92 Å². The Hall–Kier alpha value is -1.31. The third kappa shape index (κ3) is 3.87. The number of hydrogen-bond acceptors (Lipinski definition) is 5. The zero-order valence-electron chi connectivity index (χ0n) is 11.9. The second kappa shape index (κ2) is 7.63. The molecule has 1 aromatic carbocycles. The summed E-state index contributed by atoms with van der Waals surface area (Å²) in [5.41, 5.74) is 0.370. The molecule has 1 heterocycles. The first-order valence-electron chi connectivity index (χ1n) is 6.38. The predicted octanol–water partition coefficient (Wildman–Crippen LogP) is 2.17. The molecule has 0 spiro atoms. The van der Waals surface area contributed by atoms with Gasteiger partial charge in [-0.25, -0.2) is 0 Å². The van der Waals surface area contributed by atoms with Crippen LogP contribution in [0.2, 0.25) is 0 Å². The number of amides is 1. The summed E-state index contributed by atoms with van der Waals surface area (Å²) in [6.45, 7) is 4.09. The second-order valence-electron chi connectivity index (χ2n) is 4.70. The molecule has 0 aliphatic carbocycles. The van der Waals surface area contributed by atoms with Gasteiger partial charge in [-0.15, -0.1) is 24.2 Å². The van der Waals surface area contributed by atoms with Gasteiger partial charge in [-0.1, -0.05) is 0 Å². The van der Waals surface area contributed by atoms with E-state index in [4.69, 9.17) is 0 Å². The van der Waals surface area contributed by atoms with Gasteiger partial charge in [-0.05, 0) is 25.3 Å². The lowest BCUT2D eigenvalue weighted by atomic mass is 10.1. The van der Waals surface area contributed by atoms with Gasteiger partial charge >= 0.3 is 0 Å². The lowest BCUT2D eigenvalue weighted by Gasteiger charge is -2.34. The molecule has 0 radical (unpaired) electrons. The Kier molecular flexibility index (Phi) is 6.44. The van der Waals surface area contributed by atoms with Gasteiger partial charge in [0.05, 0.1) is 9.82 Å². The number of carbonyl (C=O) groups is 1. The van der Waals surface area contributed by atoms with Crippen LogP contribution in [0.25, 0.3) is 0 Å². The summed E-state index contributed by atoms with van der Waals surface area (Å²) >= 11 is 1.30. The first-order valence-corrected chi connectivity index (χ1v) is 7.61. The molecule has 21 heavy (non-hydrogen) atoms. The molecule has 0 saturated carbocycles. The molecule has 1 N–H and O–H groups in total. The molecule has 116 valence electrons. The van der Waals surface area contributed by atoms with Crippen LogP contribution in [-0.4, -0.2) is 47.7 Å². The number of benzene rings is 1. The highest BCUT2D eigenvalue weighted by Gasteiger charge is 2.26. The van der Waals surface area contributed by atoms with E-state index in [-0.39, 0.29) is 30.0 Å². The van der Waals surface area contributed by atoms with Crippen LogP contribution >= 0.6 is 24.2 Å². The van der Waals surface area contributed by atoms with E-state index < -0.39 is 4.92 Å². The number of nitrogens with one attached hydrogen (secondary N) is 1. The Morgan fingerprint density at radius 3 is 2.81 bits per heavy atom. The lowest BCUT2D eigenvalue weighted by Crippen LogP contribution is -2.52. The quantitative estimate of drug-likeness (QED) is 0.522. The molecule has 1 fully saturated rings. The lowest BCUT2D eigenvalue weighted by molar-refractivity contribution is -0.387. The Labute approximate surface area is 133 Å². The van der Waals surface area contributed by atoms with E-state index >= 15 is 0 Å². The summed E-state index contributed by atoms with van der Waals surface area (Å²) < 4.78 is 0. The fourth-order valence-electron chi connectivity index (χ4n) is 2.27. The van der Waals surface area contributed by atoms with E-state index in [0.29, 0.717) is 17.0 Å². The molecular formula is C13H18ClN3O3S. The molecule has 2 rings (SSSR count). The predicted molar refractivity (Wildman–Crippen MR) is 85.5 cm³/mol. The maximum Gasteiger partial charge on any atom is 0.283 e. The maximum absolute atomic E-state index is 12.5. The van der Waals surface area contributed by atoms with E-state index in [0.717, 1.165) is 13.1 Å². The van der Waals surface area contributed by atoms with Crippen molar-refractivity contribution in [3.05, 3.63) is 33.9 Å². The van der Waals surface area contributed by atoms with Crippen molar-refractivity contribution in [1.29, 1.82) is 0 Å². The number of piperazine rings is 1. The Morgan fingerprint density at radius 2 is 2.24 bits per heavy atom. The summed E-state index contributed by atoms with van der Waals surface area (Å²) in [4.78, 5) is 25.4. The minimum Gasteiger partial charge on any atom is -0.333 e. The Morgan fingerprint density at radius 1 is 1.52 bits per heavy atom. The number of halogens is 1. The number of thioether (sulfide) groups is 1. The van der Waals surface area contributed by atoms with Crippen molar-refractivity contribution >= 4 is 35.8 Å². The first-order chi connectivity index (χ1) is 9.54. The van der Waals surface area contributed by atoms with Crippen LogP contribution in [0.5, 0.6) is 0 Å². The van der Waals surface area contributed by atoms with Gasteiger partial charge in [-0.3, -0.25) is 14.9 Å². The molecule has 8 heteroatoms. The average molecular weight is 332 g/mol. The number of nitrogens with zero attached hydrogens (tertiary/aromatic N) is 2. The van der Waals surface area contributed by atoms with E-state index in [9.17, 15) is 14.9 Å². The molecular weight excluding hydrogens is 314 g/mol. The number of nitro groups is 1. The van der Waals surface area contributed by atoms with Crippen molar-refractivity contribution in [3.63, 3.8) is 0 Å². The third-order valence-corrected chi connectivity index (χ3v) is 4.17. The summed E-state index contributed by atoms with van der Waals surface area (Å²) in [6.07, 6.45) is 1.78. The highest BCUT2D eigenvalue weighted by Crippen LogP contribution is 2.28. The van der Waals surface area contributed by atoms with Crippen LogP contribution < -0.4 is 5.32 Å². The van der Waals surface area contributed by atoms with Crippen LogP contribution in [-0.2, 0) is 0 Å². The van der Waals surface area contributed by atoms with Crippen molar-refractivity contribution in [3.8, 4) is 0 Å². The summed E-state index contributed by atoms with van der Waals surface area (Å²) in [6, 6.07) is 4.78. The normalized spacial score (nSPS) is 18.0. The summed E-state index contributed by atoms with van der Waals surface area (Å²) in [5, 5.41) is 14.3. The van der Waals surface area contributed by atoms with Gasteiger partial charge in [0.15, 0.2) is 0 Å². The molecule has 1 aromatic rings. The second-order valence-corrected chi connectivity index (χ2v) is 5.54. The van der Waals surface area contributed by atoms with Crippen molar-refractivity contribution in [2.75, 3.05) is 25.9 Å². The Balaban J connectivity index is 0.00000220. The molecule has 1 saturated heterocycles. The standard InChI is InChI=1S/C13H17N3O3S.ClH/c1-9-8-14-5-6-15(9)13(17)10-3-4-12(20-2)11(7-10)16(18)19;/h3-4,7,9,14H,5-6,8H2,1-2H3;1H/t9-;/m1./s1. The van der Waals surface area contributed by atoms with Crippen LogP contribution in [0.4, 0.5) is 5.69 Å². The van der Waals surface area contributed by atoms with Crippen LogP contribution in [0.3, 0.4) is 0 Å². The van der Waals surface area contributed by atoms with Crippen molar-refractivity contribution < 1.29 is 9.72 Å². The van der Waals surface area contributed by atoms with E-state index in [2.05, 4.69) is 5.32 Å². The van der Waals surface area contributed by atoms with Crippen molar-refractivity contribution in [2.24, 2.45) is 0 Å². The average Bonchev–Trinajstić information content (AvgIpc) is 2.46. The monoisotopic (exact) mass is 331 g/mol. The Bertz CT molecular complexity index is 541. The number of nitro benzene ring substituents is 1. The van der Waals surface area contributed by atoms with Gasteiger partial charge in [-0.2, -0.15) is 0 Å². The molecule has 1 aliphatic rings. The number of carbonyl (C=O) groups excluding carboxylic acids is 1. The van der Waals surface area contributed by atoms with E-state index in [1.54, 1.807) is 23.3 Å². The highest BCUT2D eigenvalue weighted by atomic mass is 35.5. The first kappa shape index (κ1) is 17.7. The zero-order valence-corrected chi connectivity index (χ0v) is 13.5. The van der Waals surface area contributed by atoms with Gasteiger partial charge in [0.25, 0.3) is 11.6 Å². The molecule has 0 unspecified atom stereocenters. The van der Waals surface area contributed by atoms with Gasteiger partial charge in [0.1, 0.15) is 0 Å².